The molecule has 3 N–H and O–H groups in total. The minimum Gasteiger partial charge on any atom is -0.390 e. The minimum atomic E-state index is -0.587. The molecular weight excluding hydrogens is 504 g/mol. The molecule has 2 aliphatic rings. The minimum absolute atomic E-state index is 0.160. The van der Waals surface area contributed by atoms with Gasteiger partial charge in [-0.3, -0.25) is 9.59 Å². The van der Waals surface area contributed by atoms with E-state index in [1.54, 1.807) is 18.2 Å². The van der Waals surface area contributed by atoms with Crippen molar-refractivity contribution in [2.45, 2.75) is 38.1 Å². The number of anilines is 2. The molecule has 200 valence electrons. The van der Waals surface area contributed by atoms with Crippen molar-refractivity contribution in [1.29, 1.82) is 0 Å². The molecule has 5 rings (SSSR count). The smallest absolute Gasteiger partial charge is 0.251 e. The molecule has 2 fully saturated rings. The van der Waals surface area contributed by atoms with E-state index in [1.807, 2.05) is 23.6 Å². The summed E-state index contributed by atoms with van der Waals surface area (Å²) < 4.78 is 11.2. The highest BCUT2D eigenvalue weighted by molar-refractivity contribution is 7.14. The summed E-state index contributed by atoms with van der Waals surface area (Å²) in [4.78, 5) is 32.0. The Hall–Kier alpha value is -3.31. The monoisotopic (exact) mass is 536 g/mol. The number of nitrogens with zero attached hydrogens (tertiary/aromatic N) is 2. The molecule has 2 saturated heterocycles. The lowest BCUT2D eigenvalue weighted by atomic mass is 9.94. The summed E-state index contributed by atoms with van der Waals surface area (Å²) in [7, 11) is 0. The van der Waals surface area contributed by atoms with Crippen LogP contribution in [0.5, 0.6) is 0 Å². The molecule has 3 heterocycles. The number of morpholine rings is 1. The van der Waals surface area contributed by atoms with Crippen molar-refractivity contribution in [3.63, 3.8) is 0 Å². The summed E-state index contributed by atoms with van der Waals surface area (Å²) in [5, 5.41) is 17.9. The molecule has 2 amide bonds. The molecule has 0 bridgehead atoms. The molecule has 0 saturated carbocycles. The van der Waals surface area contributed by atoms with Crippen LogP contribution in [0.25, 0.3) is 11.3 Å². The van der Waals surface area contributed by atoms with Gasteiger partial charge < -0.3 is 30.1 Å². The molecule has 0 unspecified atom stereocenters. The third-order valence-electron chi connectivity index (χ3n) is 6.71. The maximum absolute atomic E-state index is 12.6. The largest absolute Gasteiger partial charge is 0.390 e. The Balaban J connectivity index is 1.16. The third kappa shape index (κ3) is 6.21. The normalized spacial score (nSPS) is 23.3. The fourth-order valence-corrected chi connectivity index (χ4v) is 5.65. The maximum atomic E-state index is 12.6. The third-order valence-corrected chi connectivity index (χ3v) is 7.47. The van der Waals surface area contributed by atoms with Crippen LogP contribution in [0.4, 0.5) is 10.8 Å². The number of aromatic nitrogens is 1. The molecule has 2 aliphatic heterocycles. The lowest BCUT2D eigenvalue weighted by Gasteiger charge is -2.37. The average molecular weight is 537 g/mol. The summed E-state index contributed by atoms with van der Waals surface area (Å²) >= 11 is 1.34. The van der Waals surface area contributed by atoms with E-state index in [-0.39, 0.29) is 43.1 Å². The van der Waals surface area contributed by atoms with Crippen LogP contribution in [0.1, 0.15) is 35.7 Å². The van der Waals surface area contributed by atoms with Crippen LogP contribution in [-0.2, 0) is 14.3 Å². The number of amides is 2. The Labute approximate surface area is 225 Å². The maximum Gasteiger partial charge on any atom is 0.251 e. The predicted octanol–water partition coefficient (Wildman–Crippen LogP) is 3.27. The van der Waals surface area contributed by atoms with Crippen LogP contribution in [0.15, 0.2) is 53.9 Å². The van der Waals surface area contributed by atoms with Gasteiger partial charge in [0.1, 0.15) is 0 Å². The number of ether oxygens (including phenoxy) is 2. The molecule has 0 spiro atoms. The number of carbonyl (C=O) groups is 2. The van der Waals surface area contributed by atoms with E-state index < -0.39 is 6.10 Å². The number of carbonyl (C=O) groups excluding carboxylic acids is 2. The summed E-state index contributed by atoms with van der Waals surface area (Å²) in [6, 6.07) is 15.3. The van der Waals surface area contributed by atoms with Gasteiger partial charge in [0, 0.05) is 41.2 Å². The van der Waals surface area contributed by atoms with Crippen molar-refractivity contribution in [2.75, 3.05) is 43.1 Å². The molecule has 4 atom stereocenters. The first kappa shape index (κ1) is 26.3. The van der Waals surface area contributed by atoms with Crippen LogP contribution in [0.3, 0.4) is 0 Å². The van der Waals surface area contributed by atoms with Crippen LogP contribution >= 0.6 is 11.3 Å². The Morgan fingerprint density at radius 2 is 1.89 bits per heavy atom. The molecule has 2 aromatic carbocycles. The van der Waals surface area contributed by atoms with Crippen molar-refractivity contribution < 1.29 is 24.2 Å². The molecule has 0 aliphatic carbocycles. The molecule has 1 aromatic heterocycles. The van der Waals surface area contributed by atoms with Gasteiger partial charge >= 0.3 is 0 Å². The SMILES string of the molecule is C[C@@H]1CN(c2cccc(-c3csc(NC(=O)CNC(=O)c4cccc([C@@H]5COC[C@H]5O)c4)n3)c2)C[C@H](C)O1. The second kappa shape index (κ2) is 11.6. The Morgan fingerprint density at radius 3 is 2.66 bits per heavy atom. The van der Waals surface area contributed by atoms with E-state index in [9.17, 15) is 14.7 Å². The topological polar surface area (TPSA) is 113 Å². The van der Waals surface area contributed by atoms with E-state index >= 15 is 0 Å². The number of hydrogen-bond donors (Lipinski definition) is 3. The highest BCUT2D eigenvalue weighted by atomic mass is 32.1. The number of nitrogens with one attached hydrogen (secondary N) is 2. The van der Waals surface area contributed by atoms with Crippen molar-refractivity contribution >= 4 is 34.0 Å². The van der Waals surface area contributed by atoms with E-state index in [2.05, 4.69) is 46.5 Å². The fourth-order valence-electron chi connectivity index (χ4n) is 4.91. The van der Waals surface area contributed by atoms with E-state index in [0.29, 0.717) is 17.3 Å². The zero-order chi connectivity index (χ0) is 26.6. The van der Waals surface area contributed by atoms with Crippen molar-refractivity contribution in [1.82, 2.24) is 10.3 Å². The van der Waals surface area contributed by atoms with E-state index in [4.69, 9.17) is 9.47 Å². The van der Waals surface area contributed by atoms with Crippen molar-refractivity contribution in [3.05, 3.63) is 65.0 Å². The zero-order valence-corrected chi connectivity index (χ0v) is 22.2. The van der Waals surface area contributed by atoms with Crippen LogP contribution in [0.2, 0.25) is 0 Å². The zero-order valence-electron chi connectivity index (χ0n) is 21.4. The summed E-state index contributed by atoms with van der Waals surface area (Å²) in [6.45, 7) is 6.35. The van der Waals surface area contributed by atoms with Crippen molar-refractivity contribution in [2.24, 2.45) is 0 Å². The highest BCUT2D eigenvalue weighted by Crippen LogP contribution is 2.29. The molecule has 38 heavy (non-hydrogen) atoms. The van der Waals surface area contributed by atoms with Gasteiger partial charge in [-0.25, -0.2) is 4.98 Å². The van der Waals surface area contributed by atoms with Gasteiger partial charge in [0.05, 0.1) is 43.8 Å². The lowest BCUT2D eigenvalue weighted by molar-refractivity contribution is -0.115. The quantitative estimate of drug-likeness (QED) is 0.425. The number of benzene rings is 2. The van der Waals surface area contributed by atoms with Gasteiger partial charge in [-0.1, -0.05) is 24.3 Å². The number of thiazole rings is 1. The van der Waals surface area contributed by atoms with Gasteiger partial charge in [-0.15, -0.1) is 11.3 Å². The first-order valence-electron chi connectivity index (χ1n) is 12.8. The van der Waals surface area contributed by atoms with Crippen molar-refractivity contribution in [3.8, 4) is 11.3 Å². The molecule has 10 heteroatoms. The molecule has 3 aromatic rings. The summed E-state index contributed by atoms with van der Waals surface area (Å²) in [6.07, 6.45) is -0.248. The van der Waals surface area contributed by atoms with E-state index in [0.717, 1.165) is 35.6 Å². The van der Waals surface area contributed by atoms with Gasteiger partial charge in [-0.05, 0) is 43.7 Å². The average Bonchev–Trinajstić information content (AvgIpc) is 3.56. The van der Waals surface area contributed by atoms with Crippen LogP contribution in [0, 0.1) is 0 Å². The Bertz CT molecular complexity index is 1290. The first-order valence-corrected chi connectivity index (χ1v) is 13.6. The predicted molar refractivity (Wildman–Crippen MR) is 147 cm³/mol. The van der Waals surface area contributed by atoms with Gasteiger partial charge in [0.2, 0.25) is 5.91 Å². The second-order valence-electron chi connectivity index (χ2n) is 9.82. The summed E-state index contributed by atoms with van der Waals surface area (Å²) in [5.74, 6) is -0.884. The number of aliphatic hydroxyl groups excluding tert-OH is 1. The second-order valence-corrected chi connectivity index (χ2v) is 10.7. The first-order chi connectivity index (χ1) is 18.4. The molecule has 9 nitrogen and oxygen atoms in total. The number of rotatable bonds is 7. The van der Waals surface area contributed by atoms with Gasteiger partial charge in [0.15, 0.2) is 5.13 Å². The summed E-state index contributed by atoms with van der Waals surface area (Å²) in [5.41, 5.74) is 4.13. The Morgan fingerprint density at radius 1 is 1.11 bits per heavy atom. The fraction of sp³-hybridized carbons (Fsp3) is 0.393. The van der Waals surface area contributed by atoms with Crippen LogP contribution < -0.4 is 15.5 Å². The highest BCUT2D eigenvalue weighted by Gasteiger charge is 2.28. The van der Waals surface area contributed by atoms with Crippen LogP contribution in [-0.4, -0.2) is 73.1 Å². The molecular formula is C28H32N4O5S. The number of hydrogen-bond acceptors (Lipinski definition) is 8. The number of aliphatic hydroxyl groups is 1. The Kier molecular flexibility index (Phi) is 8.04. The van der Waals surface area contributed by atoms with Gasteiger partial charge in [0.25, 0.3) is 5.91 Å². The standard InChI is InChI=1S/C28H32N4O5S/c1-17-12-32(13-18(2)37-17)22-8-4-6-20(10-22)24-16-38-28(30-24)31-26(34)11-29-27(35)21-7-3-5-19(9-21)23-14-36-15-25(23)33/h3-10,16-18,23,25,33H,11-15H2,1-2H3,(H,29,35)(H,30,31,34)/t17-,18+,23-,25+/m0/s1. The molecule has 0 radical (unpaired) electrons. The van der Waals surface area contributed by atoms with E-state index in [1.165, 1.54) is 11.3 Å². The van der Waals surface area contributed by atoms with Gasteiger partial charge in [-0.2, -0.15) is 0 Å². The lowest BCUT2D eigenvalue weighted by Crippen LogP contribution is -2.45.